The minimum atomic E-state index is 0.150. The van der Waals surface area contributed by atoms with Gasteiger partial charge in [-0.15, -0.1) is 0 Å². The van der Waals surface area contributed by atoms with Gasteiger partial charge in [0.1, 0.15) is 5.75 Å². The highest BCUT2D eigenvalue weighted by atomic mass is 16.5. The van der Waals surface area contributed by atoms with Gasteiger partial charge in [0.25, 0.3) is 0 Å². The van der Waals surface area contributed by atoms with E-state index in [-0.39, 0.29) is 5.54 Å². The second-order valence-corrected chi connectivity index (χ2v) is 8.18. The van der Waals surface area contributed by atoms with Crippen LogP contribution in [-0.4, -0.2) is 12.1 Å². The predicted molar refractivity (Wildman–Crippen MR) is 116 cm³/mol. The maximum absolute atomic E-state index is 5.98. The molecule has 0 aromatic heterocycles. The van der Waals surface area contributed by atoms with Crippen molar-refractivity contribution in [2.75, 3.05) is 11.9 Å². The van der Waals surface area contributed by atoms with Crippen molar-refractivity contribution in [1.29, 1.82) is 0 Å². The Morgan fingerprint density at radius 1 is 0.926 bits per heavy atom. The van der Waals surface area contributed by atoms with Crippen LogP contribution in [0.5, 0.6) is 5.75 Å². The molecule has 0 aliphatic heterocycles. The van der Waals surface area contributed by atoms with E-state index in [1.54, 1.807) is 11.1 Å². The molecule has 0 radical (unpaired) electrons. The van der Waals surface area contributed by atoms with Gasteiger partial charge in [-0.1, -0.05) is 38.1 Å². The van der Waals surface area contributed by atoms with Crippen LogP contribution >= 0.6 is 0 Å². The molecule has 0 bridgehead atoms. The van der Waals surface area contributed by atoms with Gasteiger partial charge >= 0.3 is 0 Å². The van der Waals surface area contributed by atoms with Gasteiger partial charge in [-0.25, -0.2) is 0 Å². The number of ether oxygens (including phenoxy) is 1. The van der Waals surface area contributed by atoms with Crippen LogP contribution in [0.3, 0.4) is 0 Å². The molecule has 0 atom stereocenters. The number of unbranched alkanes of at least 4 members (excludes halogenated alkanes) is 2. The summed E-state index contributed by atoms with van der Waals surface area (Å²) in [5.74, 6) is 0.969. The molecule has 0 heterocycles. The summed E-state index contributed by atoms with van der Waals surface area (Å²) < 4.78 is 5.98. The molecule has 146 valence electrons. The van der Waals surface area contributed by atoms with Crippen LogP contribution in [0.15, 0.2) is 42.5 Å². The molecule has 0 amide bonds. The molecule has 2 heteroatoms. The largest absolute Gasteiger partial charge is 0.494 e. The summed E-state index contributed by atoms with van der Waals surface area (Å²) in [6, 6.07) is 15.4. The smallest absolute Gasteiger partial charge is 0.121 e. The first-order valence-corrected chi connectivity index (χ1v) is 10.7. The summed E-state index contributed by atoms with van der Waals surface area (Å²) in [4.78, 5) is 0. The van der Waals surface area contributed by atoms with Crippen LogP contribution in [0.4, 0.5) is 5.69 Å². The fraction of sp³-hybridized carbons (Fsp3) is 0.520. The Balaban J connectivity index is 1.36. The van der Waals surface area contributed by atoms with E-state index in [2.05, 4.69) is 68.6 Å². The summed E-state index contributed by atoms with van der Waals surface area (Å²) in [6.45, 7) is 7.54. The van der Waals surface area contributed by atoms with Crippen LogP contribution in [0.2, 0.25) is 0 Å². The Hall–Kier alpha value is -1.96. The minimum absolute atomic E-state index is 0.150. The molecule has 0 spiro atoms. The third-order valence-electron chi connectivity index (χ3n) is 6.15. The fourth-order valence-electron chi connectivity index (χ4n) is 3.64. The van der Waals surface area contributed by atoms with Crippen molar-refractivity contribution >= 4 is 5.69 Å². The average molecular weight is 366 g/mol. The van der Waals surface area contributed by atoms with Crippen LogP contribution in [0.25, 0.3) is 0 Å². The van der Waals surface area contributed by atoms with Crippen LogP contribution in [0, 0.1) is 0 Å². The summed E-state index contributed by atoms with van der Waals surface area (Å²) >= 11 is 0. The molecule has 1 aliphatic carbocycles. The summed E-state index contributed by atoms with van der Waals surface area (Å²) in [7, 11) is 0. The zero-order valence-electron chi connectivity index (χ0n) is 17.3. The van der Waals surface area contributed by atoms with Crippen molar-refractivity contribution < 1.29 is 4.74 Å². The van der Waals surface area contributed by atoms with Gasteiger partial charge in [0.15, 0.2) is 0 Å². The highest BCUT2D eigenvalue weighted by Gasteiger charge is 2.18. The topological polar surface area (TPSA) is 21.3 Å². The second kappa shape index (κ2) is 9.30. The molecule has 0 saturated heterocycles. The summed E-state index contributed by atoms with van der Waals surface area (Å²) in [5, 5.41) is 3.66. The number of benzene rings is 2. The number of anilines is 1. The number of hydrogen-bond acceptors (Lipinski definition) is 2. The lowest BCUT2D eigenvalue weighted by Gasteiger charge is -2.29. The van der Waals surface area contributed by atoms with Crippen molar-refractivity contribution in [3.05, 3.63) is 59.2 Å². The first-order valence-electron chi connectivity index (χ1n) is 10.7. The third-order valence-corrected chi connectivity index (χ3v) is 6.15. The van der Waals surface area contributed by atoms with Gasteiger partial charge in [0.05, 0.1) is 6.61 Å². The van der Waals surface area contributed by atoms with Crippen molar-refractivity contribution in [2.45, 2.75) is 77.7 Å². The number of nitrogens with one attached hydrogen (secondary N) is 1. The average Bonchev–Trinajstić information content (AvgIpc) is 2.66. The maximum atomic E-state index is 5.98. The van der Waals surface area contributed by atoms with Gasteiger partial charge in [0.2, 0.25) is 0 Å². The maximum Gasteiger partial charge on any atom is 0.121 e. The molecule has 1 N–H and O–H groups in total. The van der Waals surface area contributed by atoms with Crippen molar-refractivity contribution in [2.24, 2.45) is 0 Å². The van der Waals surface area contributed by atoms with Crippen molar-refractivity contribution in [3.8, 4) is 5.75 Å². The van der Waals surface area contributed by atoms with Gasteiger partial charge in [-0.2, -0.15) is 0 Å². The molecule has 1 aliphatic rings. The molecule has 27 heavy (non-hydrogen) atoms. The third kappa shape index (κ3) is 5.51. The molecule has 0 unspecified atom stereocenters. The summed E-state index contributed by atoms with van der Waals surface area (Å²) in [6.07, 6.45) is 9.55. The monoisotopic (exact) mass is 365 g/mol. The van der Waals surface area contributed by atoms with E-state index in [1.807, 2.05) is 0 Å². The van der Waals surface area contributed by atoms with E-state index >= 15 is 0 Å². The van der Waals surface area contributed by atoms with Crippen molar-refractivity contribution in [3.63, 3.8) is 0 Å². The number of hydrogen-bond donors (Lipinski definition) is 1. The van der Waals surface area contributed by atoms with E-state index in [1.165, 1.54) is 37.7 Å². The molecule has 0 saturated carbocycles. The predicted octanol–water partition coefficient (Wildman–Crippen LogP) is 6.57. The van der Waals surface area contributed by atoms with Crippen LogP contribution in [-0.2, 0) is 19.3 Å². The van der Waals surface area contributed by atoms with Crippen molar-refractivity contribution in [1.82, 2.24) is 0 Å². The fourth-order valence-corrected chi connectivity index (χ4v) is 3.64. The Kier molecular flexibility index (Phi) is 6.82. The number of aryl methyl sites for hydroxylation is 3. The highest BCUT2D eigenvalue weighted by molar-refractivity contribution is 5.50. The van der Waals surface area contributed by atoms with Gasteiger partial charge in [-0.3, -0.25) is 0 Å². The lowest BCUT2D eigenvalue weighted by Crippen LogP contribution is -2.32. The Labute approximate surface area is 165 Å². The zero-order chi connectivity index (χ0) is 19.1. The molecule has 2 aromatic carbocycles. The lowest BCUT2D eigenvalue weighted by molar-refractivity contribution is 0.305. The Bertz CT molecular complexity index is 733. The van der Waals surface area contributed by atoms with Crippen LogP contribution in [0.1, 0.15) is 69.6 Å². The number of fused-ring (bicyclic) bond motifs is 1. The van der Waals surface area contributed by atoms with E-state index in [0.29, 0.717) is 0 Å². The standard InChI is InChI=1S/C25H35NO/c1-4-25(3,5-2)26-23-11-9-12-24(19-23)27-17-8-6-7-10-20-13-14-21-15-16-22(21)18-20/h9,11-14,18-19,26H,4-8,10,15-17H2,1-3H3. The van der Waals surface area contributed by atoms with Crippen LogP contribution < -0.4 is 10.1 Å². The highest BCUT2D eigenvalue weighted by Crippen LogP contribution is 2.26. The molecule has 3 rings (SSSR count). The molecular formula is C25H35NO. The summed E-state index contributed by atoms with van der Waals surface area (Å²) in [5.41, 5.74) is 5.94. The Morgan fingerprint density at radius 2 is 1.74 bits per heavy atom. The Morgan fingerprint density at radius 3 is 2.44 bits per heavy atom. The van der Waals surface area contributed by atoms with E-state index < -0.39 is 0 Å². The molecule has 0 fully saturated rings. The molecule has 2 nitrogen and oxygen atoms in total. The zero-order valence-corrected chi connectivity index (χ0v) is 17.3. The van der Waals surface area contributed by atoms with E-state index in [0.717, 1.165) is 37.3 Å². The molecular weight excluding hydrogens is 330 g/mol. The molecule has 2 aromatic rings. The lowest BCUT2D eigenvalue weighted by atomic mass is 9.86. The van der Waals surface area contributed by atoms with Gasteiger partial charge in [-0.05, 0) is 87.1 Å². The SMILES string of the molecule is CCC(C)(CC)Nc1cccc(OCCCCCc2ccc3c(c2)CC3)c1. The van der Waals surface area contributed by atoms with E-state index in [9.17, 15) is 0 Å². The first kappa shape index (κ1) is 19.8. The van der Waals surface area contributed by atoms with E-state index in [4.69, 9.17) is 4.74 Å². The second-order valence-electron chi connectivity index (χ2n) is 8.18. The minimum Gasteiger partial charge on any atom is -0.494 e. The normalized spacial score (nSPS) is 13.0. The van der Waals surface area contributed by atoms with Gasteiger partial charge in [0, 0.05) is 17.3 Å². The van der Waals surface area contributed by atoms with Gasteiger partial charge < -0.3 is 10.1 Å². The number of rotatable bonds is 11. The quantitative estimate of drug-likeness (QED) is 0.455. The first-order chi connectivity index (χ1) is 13.1.